The fourth-order valence-electron chi connectivity index (χ4n) is 5.98. The highest BCUT2D eigenvalue weighted by Crippen LogP contribution is 2.41. The Balaban J connectivity index is 1.69. The van der Waals surface area contributed by atoms with Crippen LogP contribution in [0.25, 0.3) is 0 Å². The third kappa shape index (κ3) is 8.10. The van der Waals surface area contributed by atoms with Crippen LogP contribution in [0.3, 0.4) is 0 Å². The van der Waals surface area contributed by atoms with Crippen LogP contribution in [0.4, 0.5) is 32.0 Å². The van der Waals surface area contributed by atoms with Crippen molar-refractivity contribution in [1.29, 1.82) is 0 Å². The van der Waals surface area contributed by atoms with Gasteiger partial charge in [0.05, 0.1) is 16.2 Å². The number of benzene rings is 2. The predicted molar refractivity (Wildman–Crippen MR) is 153 cm³/mol. The van der Waals surface area contributed by atoms with Crippen LogP contribution in [0.15, 0.2) is 59.5 Å². The Morgan fingerprint density at radius 2 is 1.67 bits per heavy atom. The molecule has 2 aliphatic rings. The number of amides is 1. The maximum atomic E-state index is 14.0. The first-order chi connectivity index (χ1) is 20.9. The monoisotopic (exact) mass is 663 g/mol. The first-order valence-corrected chi connectivity index (χ1v) is 16.1. The minimum Gasteiger partial charge on any atom is -0.423 e. The van der Waals surface area contributed by atoms with Gasteiger partial charge in [0.1, 0.15) is 0 Å². The maximum absolute atomic E-state index is 14.0. The van der Waals surface area contributed by atoms with Crippen LogP contribution in [0.1, 0.15) is 45.1 Å². The number of hydrogen-bond donors (Lipinski definition) is 2. The molecular weight excluding hydrogens is 628 g/mol. The second-order valence-corrected chi connectivity index (χ2v) is 13.9. The summed E-state index contributed by atoms with van der Waals surface area (Å²) < 4.78 is 113. The Labute approximate surface area is 257 Å². The second kappa shape index (κ2) is 13.2. The van der Waals surface area contributed by atoms with Crippen LogP contribution in [-0.4, -0.2) is 68.0 Å². The number of carbonyl (C=O) groups is 2. The van der Waals surface area contributed by atoms with Gasteiger partial charge in [-0.3, -0.25) is 4.79 Å². The van der Waals surface area contributed by atoms with Gasteiger partial charge in [-0.15, -0.1) is 0 Å². The SMILES string of the molecule is CC(C)CN[C@@H]1CC[C@H](N2CCC(Nc3ccccc3C(F)(F)F)(OC(=O)C(F)(F)F)C2=O)[C@H](CS(=O)(=O)c2ccccc2)C1. The Kier molecular flexibility index (Phi) is 10.1. The summed E-state index contributed by atoms with van der Waals surface area (Å²) in [5.41, 5.74) is -4.84. The molecule has 0 radical (unpaired) electrons. The quantitative estimate of drug-likeness (QED) is 0.199. The predicted octanol–water partition coefficient (Wildman–Crippen LogP) is 5.41. The van der Waals surface area contributed by atoms with Crippen molar-refractivity contribution in [3.05, 3.63) is 60.2 Å². The van der Waals surface area contributed by atoms with E-state index < -0.39 is 69.4 Å². The molecule has 2 N–H and O–H groups in total. The van der Waals surface area contributed by atoms with E-state index in [1.54, 1.807) is 18.2 Å². The summed E-state index contributed by atoms with van der Waals surface area (Å²) in [6.07, 6.45) is -10.0. The number of alkyl halides is 6. The molecule has 1 saturated carbocycles. The van der Waals surface area contributed by atoms with Gasteiger partial charge in [0, 0.05) is 30.7 Å². The zero-order valence-electron chi connectivity index (χ0n) is 24.6. The van der Waals surface area contributed by atoms with Crippen molar-refractivity contribution in [2.24, 2.45) is 11.8 Å². The van der Waals surface area contributed by atoms with Gasteiger partial charge >= 0.3 is 18.3 Å². The van der Waals surface area contributed by atoms with E-state index in [1.807, 2.05) is 13.8 Å². The number of halogens is 6. The van der Waals surface area contributed by atoms with Gasteiger partial charge < -0.3 is 20.3 Å². The topological polar surface area (TPSA) is 105 Å². The molecule has 45 heavy (non-hydrogen) atoms. The molecule has 248 valence electrons. The summed E-state index contributed by atoms with van der Waals surface area (Å²) in [4.78, 5) is 27.3. The number of sulfone groups is 1. The number of anilines is 1. The number of hydrogen-bond acceptors (Lipinski definition) is 7. The van der Waals surface area contributed by atoms with E-state index in [-0.39, 0.29) is 29.7 Å². The van der Waals surface area contributed by atoms with Crippen LogP contribution in [0, 0.1) is 11.8 Å². The number of ether oxygens (including phenoxy) is 1. The van der Waals surface area contributed by atoms with Gasteiger partial charge in [0.2, 0.25) is 0 Å². The molecule has 0 spiro atoms. The van der Waals surface area contributed by atoms with Gasteiger partial charge in [0.25, 0.3) is 11.6 Å². The van der Waals surface area contributed by atoms with Gasteiger partial charge in [0.15, 0.2) is 9.84 Å². The highest BCUT2D eigenvalue weighted by molar-refractivity contribution is 7.91. The summed E-state index contributed by atoms with van der Waals surface area (Å²) in [5.74, 6) is -4.71. The van der Waals surface area contributed by atoms with Crippen molar-refractivity contribution < 1.29 is 49.1 Å². The molecule has 1 aliphatic heterocycles. The first kappa shape index (κ1) is 34.5. The lowest BCUT2D eigenvalue weighted by Gasteiger charge is -2.42. The van der Waals surface area contributed by atoms with Crippen molar-refractivity contribution in [2.45, 2.75) is 74.6 Å². The van der Waals surface area contributed by atoms with Gasteiger partial charge in [-0.05, 0) is 61.9 Å². The molecule has 8 nitrogen and oxygen atoms in total. The van der Waals surface area contributed by atoms with E-state index in [4.69, 9.17) is 4.74 Å². The number of para-hydroxylation sites is 1. The fraction of sp³-hybridized carbons (Fsp3) is 0.533. The molecular formula is C30H35F6N3O5S. The lowest BCUT2D eigenvalue weighted by atomic mass is 9.81. The van der Waals surface area contributed by atoms with Crippen LogP contribution in [0.5, 0.6) is 0 Å². The minimum atomic E-state index is -5.54. The van der Waals surface area contributed by atoms with E-state index in [0.29, 0.717) is 31.4 Å². The molecule has 15 heteroatoms. The summed E-state index contributed by atoms with van der Waals surface area (Å²) >= 11 is 0. The number of esters is 1. The number of nitrogens with one attached hydrogen (secondary N) is 2. The smallest absolute Gasteiger partial charge is 0.423 e. The number of rotatable bonds is 10. The molecule has 4 atom stereocenters. The van der Waals surface area contributed by atoms with E-state index in [9.17, 15) is 44.3 Å². The summed E-state index contributed by atoms with van der Waals surface area (Å²) in [5, 5.41) is 5.60. The third-order valence-corrected chi connectivity index (χ3v) is 9.93. The average Bonchev–Trinajstić information content (AvgIpc) is 3.26. The van der Waals surface area contributed by atoms with Gasteiger partial charge in [-0.25, -0.2) is 13.2 Å². The minimum absolute atomic E-state index is 0.0626. The van der Waals surface area contributed by atoms with Crippen molar-refractivity contribution >= 4 is 27.4 Å². The Hall–Kier alpha value is -3.33. The average molecular weight is 664 g/mol. The summed E-state index contributed by atoms with van der Waals surface area (Å²) in [6.45, 7) is 4.37. The molecule has 1 saturated heterocycles. The molecule has 1 heterocycles. The van der Waals surface area contributed by atoms with Crippen molar-refractivity contribution in [3.8, 4) is 0 Å². The van der Waals surface area contributed by atoms with Gasteiger partial charge in [-0.2, -0.15) is 26.3 Å². The summed E-state index contributed by atoms with van der Waals surface area (Å²) in [7, 11) is -3.87. The standard InChI is InChI=1S/C30H35F6N3O5S/c1-19(2)17-37-21-12-13-25(20(16-21)18-45(42,43)22-8-4-3-5-9-22)39-15-14-28(26(39)40,44-27(41)30(34,35)36)38-24-11-7-6-10-23(24)29(31,32)33/h3-11,19-21,25,37-38H,12-18H2,1-2H3/t20-,21+,25-,28?/m0/s1. The van der Waals surface area contributed by atoms with E-state index in [1.165, 1.54) is 18.2 Å². The Morgan fingerprint density at radius 3 is 2.29 bits per heavy atom. The lowest BCUT2D eigenvalue weighted by Crippen LogP contribution is -2.56. The number of nitrogens with zero attached hydrogens (tertiary/aromatic N) is 1. The highest BCUT2D eigenvalue weighted by Gasteiger charge is 2.57. The molecule has 2 aromatic rings. The van der Waals surface area contributed by atoms with Crippen LogP contribution >= 0.6 is 0 Å². The van der Waals surface area contributed by atoms with E-state index >= 15 is 0 Å². The molecule has 2 aromatic carbocycles. The Bertz CT molecular complexity index is 1470. The lowest BCUT2D eigenvalue weighted by molar-refractivity contribution is -0.211. The molecule has 4 rings (SSSR count). The third-order valence-electron chi connectivity index (χ3n) is 8.07. The molecule has 1 aliphatic carbocycles. The largest absolute Gasteiger partial charge is 0.491 e. The molecule has 0 bridgehead atoms. The number of carbonyl (C=O) groups excluding carboxylic acids is 2. The molecule has 1 unspecified atom stereocenters. The van der Waals surface area contributed by atoms with Gasteiger partial charge in [-0.1, -0.05) is 44.2 Å². The summed E-state index contributed by atoms with van der Waals surface area (Å²) in [6, 6.07) is 10.6. The normalized spacial score (nSPS) is 24.6. The zero-order valence-corrected chi connectivity index (χ0v) is 25.4. The van der Waals surface area contributed by atoms with E-state index in [0.717, 1.165) is 17.0 Å². The number of likely N-dealkylation sites (tertiary alicyclic amines) is 1. The molecule has 0 aromatic heterocycles. The van der Waals surface area contributed by atoms with Crippen LogP contribution in [-0.2, 0) is 30.3 Å². The first-order valence-electron chi connectivity index (χ1n) is 14.5. The Morgan fingerprint density at radius 1 is 1.02 bits per heavy atom. The highest BCUT2D eigenvalue weighted by atomic mass is 32.2. The van der Waals surface area contributed by atoms with Crippen LogP contribution < -0.4 is 10.6 Å². The van der Waals surface area contributed by atoms with Crippen molar-refractivity contribution in [2.75, 3.05) is 24.2 Å². The molecule has 2 fully saturated rings. The zero-order chi connectivity index (χ0) is 33.2. The fourth-order valence-corrected chi connectivity index (χ4v) is 7.66. The maximum Gasteiger partial charge on any atom is 0.491 e. The second-order valence-electron chi connectivity index (χ2n) is 11.9. The van der Waals surface area contributed by atoms with E-state index in [2.05, 4.69) is 10.6 Å². The molecule has 1 amide bonds. The van der Waals surface area contributed by atoms with Crippen molar-refractivity contribution in [3.63, 3.8) is 0 Å². The van der Waals surface area contributed by atoms with Crippen molar-refractivity contribution in [1.82, 2.24) is 10.2 Å². The van der Waals surface area contributed by atoms with Crippen LogP contribution in [0.2, 0.25) is 0 Å².